The van der Waals surface area contributed by atoms with Crippen LogP contribution in [0.4, 0.5) is 0 Å². The zero-order chi connectivity index (χ0) is 23.3. The van der Waals surface area contributed by atoms with Gasteiger partial charge in [-0.3, -0.25) is 4.79 Å². The van der Waals surface area contributed by atoms with Crippen LogP contribution in [0.25, 0.3) is 0 Å². The molecule has 0 aliphatic heterocycles. The standard InChI is InChI=1S/C30H50O2/c1-19-11-15-28(5)22(26(19,2)3)13-16-30(7)23(28)10-9-21-24-20(25(31)32-8)12-14-27(24,4)17-18-29(21,30)6/h19-24H,9-18H2,1-8H3/t19-,20+,21?,22?,23?,24?,27+,28-,29+,30+/m0/s1. The van der Waals surface area contributed by atoms with Crippen LogP contribution in [0, 0.1) is 62.6 Å². The molecule has 10 atom stereocenters. The Kier molecular flexibility index (Phi) is 5.08. The van der Waals surface area contributed by atoms with Crippen LogP contribution in [0.1, 0.15) is 113 Å². The number of esters is 1. The molecule has 0 aromatic rings. The Labute approximate surface area is 198 Å². The van der Waals surface area contributed by atoms with Gasteiger partial charge in [0.2, 0.25) is 0 Å². The molecule has 4 unspecified atom stereocenters. The Balaban J connectivity index is 1.53. The predicted molar refractivity (Wildman–Crippen MR) is 131 cm³/mol. The number of methoxy groups -OCH3 is 1. The van der Waals surface area contributed by atoms with E-state index < -0.39 is 0 Å². The smallest absolute Gasteiger partial charge is 0.308 e. The van der Waals surface area contributed by atoms with E-state index in [1.807, 2.05) is 0 Å². The third-order valence-corrected chi connectivity index (χ3v) is 13.9. The summed E-state index contributed by atoms with van der Waals surface area (Å²) in [6.45, 7) is 18.3. The number of rotatable bonds is 1. The van der Waals surface area contributed by atoms with Crippen molar-refractivity contribution in [2.75, 3.05) is 7.11 Å². The van der Waals surface area contributed by atoms with Crippen LogP contribution < -0.4 is 0 Å². The largest absolute Gasteiger partial charge is 0.469 e. The van der Waals surface area contributed by atoms with E-state index in [1.165, 1.54) is 57.8 Å². The van der Waals surface area contributed by atoms with E-state index in [9.17, 15) is 4.79 Å². The van der Waals surface area contributed by atoms with Crippen molar-refractivity contribution in [3.8, 4) is 0 Å². The van der Waals surface area contributed by atoms with Crippen molar-refractivity contribution in [2.45, 2.75) is 113 Å². The zero-order valence-electron chi connectivity index (χ0n) is 22.4. The minimum absolute atomic E-state index is 0.0777. The van der Waals surface area contributed by atoms with Crippen LogP contribution in [0.2, 0.25) is 0 Å². The molecule has 5 saturated carbocycles. The minimum Gasteiger partial charge on any atom is -0.469 e. The van der Waals surface area contributed by atoms with Gasteiger partial charge in [-0.15, -0.1) is 0 Å². The van der Waals surface area contributed by atoms with E-state index in [2.05, 4.69) is 48.5 Å². The highest BCUT2D eigenvalue weighted by Crippen LogP contribution is 2.77. The molecule has 182 valence electrons. The monoisotopic (exact) mass is 442 g/mol. The van der Waals surface area contributed by atoms with Crippen molar-refractivity contribution in [1.82, 2.24) is 0 Å². The first-order valence-electron chi connectivity index (χ1n) is 13.9. The van der Waals surface area contributed by atoms with Gasteiger partial charge in [0.15, 0.2) is 0 Å². The lowest BCUT2D eigenvalue weighted by Gasteiger charge is -2.73. The zero-order valence-corrected chi connectivity index (χ0v) is 22.4. The van der Waals surface area contributed by atoms with Gasteiger partial charge >= 0.3 is 5.97 Å². The second kappa shape index (κ2) is 7.00. The summed E-state index contributed by atoms with van der Waals surface area (Å²) in [5, 5.41) is 0. The molecule has 0 aromatic heterocycles. The second-order valence-corrected chi connectivity index (χ2v) is 14.8. The normalized spacial score (nSPS) is 56.4. The molecular weight excluding hydrogens is 392 g/mol. The molecule has 0 aromatic carbocycles. The maximum Gasteiger partial charge on any atom is 0.308 e. The summed E-state index contributed by atoms with van der Waals surface area (Å²) < 4.78 is 5.35. The Morgan fingerprint density at radius 3 is 2.16 bits per heavy atom. The number of hydrogen-bond acceptors (Lipinski definition) is 2. The lowest BCUT2D eigenvalue weighted by atomic mass is 9.32. The Bertz CT molecular complexity index is 786. The highest BCUT2D eigenvalue weighted by molar-refractivity contribution is 5.73. The van der Waals surface area contributed by atoms with Crippen LogP contribution in [0.5, 0.6) is 0 Å². The molecule has 32 heavy (non-hydrogen) atoms. The van der Waals surface area contributed by atoms with Gasteiger partial charge in [0.25, 0.3) is 0 Å². The molecule has 0 bridgehead atoms. The molecule has 0 heterocycles. The van der Waals surface area contributed by atoms with E-state index in [0.717, 1.165) is 24.2 Å². The lowest BCUT2D eigenvalue weighted by Crippen LogP contribution is -2.66. The van der Waals surface area contributed by atoms with Crippen molar-refractivity contribution in [1.29, 1.82) is 0 Å². The third kappa shape index (κ3) is 2.68. The van der Waals surface area contributed by atoms with Crippen molar-refractivity contribution < 1.29 is 9.53 Å². The lowest BCUT2D eigenvalue weighted by molar-refractivity contribution is -0.241. The first kappa shape index (κ1) is 23.2. The van der Waals surface area contributed by atoms with E-state index in [0.29, 0.717) is 38.9 Å². The quantitative estimate of drug-likeness (QED) is 0.386. The van der Waals surface area contributed by atoms with Crippen LogP contribution in [0.3, 0.4) is 0 Å². The van der Waals surface area contributed by atoms with Gasteiger partial charge in [-0.1, -0.05) is 48.5 Å². The highest BCUT2D eigenvalue weighted by Gasteiger charge is 2.70. The number of carbonyl (C=O) groups excluding carboxylic acids is 1. The summed E-state index contributed by atoms with van der Waals surface area (Å²) in [6, 6.07) is 0. The van der Waals surface area contributed by atoms with E-state index in [4.69, 9.17) is 4.74 Å². The molecule has 5 aliphatic rings. The summed E-state index contributed by atoms with van der Waals surface area (Å²) in [5.41, 5.74) is 2.05. The number of ether oxygens (including phenoxy) is 1. The van der Waals surface area contributed by atoms with E-state index in [-0.39, 0.29) is 11.9 Å². The Morgan fingerprint density at radius 1 is 0.750 bits per heavy atom. The summed E-state index contributed by atoms with van der Waals surface area (Å²) >= 11 is 0. The fourth-order valence-electron chi connectivity index (χ4n) is 11.5. The van der Waals surface area contributed by atoms with Crippen molar-refractivity contribution >= 4 is 5.97 Å². The van der Waals surface area contributed by atoms with Crippen LogP contribution in [0.15, 0.2) is 0 Å². The number of fused-ring (bicyclic) bond motifs is 7. The summed E-state index contributed by atoms with van der Waals surface area (Å²) in [5.74, 6) is 3.96. The van der Waals surface area contributed by atoms with Gasteiger partial charge in [-0.05, 0) is 121 Å². The molecule has 5 rings (SSSR count). The summed E-state index contributed by atoms with van der Waals surface area (Å²) in [4.78, 5) is 12.9. The van der Waals surface area contributed by atoms with Crippen molar-refractivity contribution in [3.05, 3.63) is 0 Å². The van der Waals surface area contributed by atoms with Gasteiger partial charge in [0, 0.05) is 0 Å². The van der Waals surface area contributed by atoms with Crippen LogP contribution >= 0.6 is 0 Å². The maximum atomic E-state index is 12.9. The molecule has 0 spiro atoms. The van der Waals surface area contributed by atoms with Gasteiger partial charge in [0.1, 0.15) is 0 Å². The predicted octanol–water partition coefficient (Wildman–Crippen LogP) is 7.90. The molecule has 2 heteroatoms. The topological polar surface area (TPSA) is 26.3 Å². The van der Waals surface area contributed by atoms with E-state index in [1.54, 1.807) is 7.11 Å². The molecule has 0 saturated heterocycles. The Hall–Kier alpha value is -0.530. The molecule has 5 fully saturated rings. The summed E-state index contributed by atoms with van der Waals surface area (Å²) in [6.07, 6.45) is 13.3. The number of carbonyl (C=O) groups is 1. The Morgan fingerprint density at radius 2 is 1.47 bits per heavy atom. The second-order valence-electron chi connectivity index (χ2n) is 14.8. The molecule has 0 amide bonds. The minimum atomic E-state index is 0.0777. The average Bonchev–Trinajstić information content (AvgIpc) is 3.09. The van der Waals surface area contributed by atoms with Gasteiger partial charge in [-0.2, -0.15) is 0 Å². The average molecular weight is 443 g/mol. The summed E-state index contributed by atoms with van der Waals surface area (Å²) in [7, 11) is 1.60. The number of hydrogen-bond donors (Lipinski definition) is 0. The molecule has 5 aliphatic carbocycles. The van der Waals surface area contributed by atoms with E-state index >= 15 is 0 Å². The molecule has 2 nitrogen and oxygen atoms in total. The first-order chi connectivity index (χ1) is 14.8. The van der Waals surface area contributed by atoms with Gasteiger partial charge < -0.3 is 4.74 Å². The SMILES string of the molecule is COC(=O)[C@@H]1CC[C@]2(C)CC[C@]3(C)C(CCC4[C@@]5(C)CC[C@H](C)C(C)(C)C5CC[C@]43C)C12. The van der Waals surface area contributed by atoms with Gasteiger partial charge in [-0.25, -0.2) is 0 Å². The van der Waals surface area contributed by atoms with Crippen LogP contribution in [-0.2, 0) is 9.53 Å². The molecule has 0 radical (unpaired) electrons. The third-order valence-electron chi connectivity index (χ3n) is 13.9. The molecule has 0 N–H and O–H groups in total. The first-order valence-corrected chi connectivity index (χ1v) is 13.9. The highest BCUT2D eigenvalue weighted by atomic mass is 16.5. The fraction of sp³-hybridized carbons (Fsp3) is 0.967. The molecular formula is C30H50O2. The maximum absolute atomic E-state index is 12.9. The van der Waals surface area contributed by atoms with Gasteiger partial charge in [0.05, 0.1) is 13.0 Å². The van der Waals surface area contributed by atoms with Crippen LogP contribution in [-0.4, -0.2) is 13.1 Å². The fourth-order valence-corrected chi connectivity index (χ4v) is 11.5. The van der Waals surface area contributed by atoms with Crippen molar-refractivity contribution in [2.24, 2.45) is 62.6 Å². The van der Waals surface area contributed by atoms with Crippen molar-refractivity contribution in [3.63, 3.8) is 0 Å².